The van der Waals surface area contributed by atoms with E-state index in [2.05, 4.69) is 10.4 Å². The van der Waals surface area contributed by atoms with E-state index in [-0.39, 0.29) is 12.2 Å². The maximum absolute atomic E-state index is 13.3. The molecule has 1 aliphatic carbocycles. The van der Waals surface area contributed by atoms with Crippen LogP contribution in [0.1, 0.15) is 28.9 Å². The molecule has 0 atom stereocenters. The van der Waals surface area contributed by atoms with Crippen molar-refractivity contribution in [2.75, 3.05) is 20.8 Å². The summed E-state index contributed by atoms with van der Waals surface area (Å²) in [6.07, 6.45) is 2.08. The van der Waals surface area contributed by atoms with Gasteiger partial charge in [-0.25, -0.2) is 4.79 Å². The zero-order valence-electron chi connectivity index (χ0n) is 18.2. The molecule has 0 radical (unpaired) electrons. The van der Waals surface area contributed by atoms with Crippen LogP contribution in [0.4, 0.5) is 0 Å². The first-order chi connectivity index (χ1) is 15.9. The van der Waals surface area contributed by atoms with Gasteiger partial charge in [-0.05, 0) is 48.6 Å². The van der Waals surface area contributed by atoms with Crippen molar-refractivity contribution < 1.29 is 14.3 Å². The average Bonchev–Trinajstić information content (AvgIpc) is 3.64. The molecule has 0 spiro atoms. The number of amides is 1. The van der Waals surface area contributed by atoms with Crippen LogP contribution >= 0.6 is 11.6 Å². The van der Waals surface area contributed by atoms with E-state index in [4.69, 9.17) is 21.1 Å². The van der Waals surface area contributed by atoms with Gasteiger partial charge in [0, 0.05) is 17.6 Å². The number of nitrogens with zero attached hydrogens (tertiary/aromatic N) is 3. The largest absolute Gasteiger partial charge is 0.493 e. The molecular weight excluding hydrogens is 448 g/mol. The summed E-state index contributed by atoms with van der Waals surface area (Å²) in [4.78, 5) is 39.3. The lowest BCUT2D eigenvalue weighted by Gasteiger charge is -2.14. The lowest BCUT2D eigenvalue weighted by Crippen LogP contribution is -2.46. The van der Waals surface area contributed by atoms with Gasteiger partial charge in [-0.1, -0.05) is 23.7 Å². The highest BCUT2D eigenvalue weighted by Crippen LogP contribution is 2.29. The van der Waals surface area contributed by atoms with E-state index in [1.807, 2.05) is 0 Å². The van der Waals surface area contributed by atoms with E-state index in [0.29, 0.717) is 40.2 Å². The Hall–Kier alpha value is -3.59. The SMILES string of the molecule is COc1ccc(-n2nc(C(=O)NCC3CC3)c(=O)n(Cc3cccc(Cl)c3)c2=O)cc1OC. The summed E-state index contributed by atoms with van der Waals surface area (Å²) in [6.45, 7) is 0.390. The highest BCUT2D eigenvalue weighted by molar-refractivity contribution is 6.30. The van der Waals surface area contributed by atoms with Crippen molar-refractivity contribution in [3.05, 3.63) is 79.6 Å². The number of halogens is 1. The van der Waals surface area contributed by atoms with Gasteiger partial charge in [0.15, 0.2) is 11.5 Å². The van der Waals surface area contributed by atoms with Crippen LogP contribution in [0.3, 0.4) is 0 Å². The van der Waals surface area contributed by atoms with E-state index in [0.717, 1.165) is 22.1 Å². The fourth-order valence-electron chi connectivity index (χ4n) is 3.38. The molecule has 0 bridgehead atoms. The first-order valence-electron chi connectivity index (χ1n) is 10.4. The maximum atomic E-state index is 13.3. The number of nitrogens with one attached hydrogen (secondary N) is 1. The van der Waals surface area contributed by atoms with Crippen molar-refractivity contribution >= 4 is 17.5 Å². The monoisotopic (exact) mass is 470 g/mol. The highest BCUT2D eigenvalue weighted by atomic mass is 35.5. The third-order valence-corrected chi connectivity index (χ3v) is 5.60. The number of carbonyl (C=O) groups excluding carboxylic acids is 1. The second kappa shape index (κ2) is 9.50. The molecule has 2 aromatic carbocycles. The second-order valence-electron chi connectivity index (χ2n) is 7.76. The number of rotatable bonds is 8. The van der Waals surface area contributed by atoms with Crippen molar-refractivity contribution in [3.8, 4) is 17.2 Å². The van der Waals surface area contributed by atoms with Gasteiger partial charge in [0.05, 0.1) is 26.5 Å². The Kier molecular flexibility index (Phi) is 6.50. The first-order valence-corrected chi connectivity index (χ1v) is 10.8. The molecular formula is C23H23ClN4O5. The molecule has 0 saturated heterocycles. The summed E-state index contributed by atoms with van der Waals surface area (Å²) < 4.78 is 12.6. The quantitative estimate of drug-likeness (QED) is 0.541. The molecule has 0 aliphatic heterocycles. The van der Waals surface area contributed by atoms with Crippen molar-refractivity contribution in [3.63, 3.8) is 0 Å². The van der Waals surface area contributed by atoms with Gasteiger partial charge >= 0.3 is 5.69 Å². The van der Waals surface area contributed by atoms with Crippen LogP contribution in [-0.2, 0) is 6.54 Å². The van der Waals surface area contributed by atoms with Crippen LogP contribution in [-0.4, -0.2) is 41.0 Å². The molecule has 1 heterocycles. The standard InChI is InChI=1S/C23H23ClN4O5/c1-32-18-9-8-17(11-19(18)33-2)28-23(31)27(13-15-4-3-5-16(24)10-15)22(30)20(26-28)21(29)25-12-14-6-7-14/h3-5,8-11,14H,6-7,12-13H2,1-2H3,(H,25,29). The number of aromatic nitrogens is 3. The van der Waals surface area contributed by atoms with Gasteiger partial charge in [0.25, 0.3) is 11.5 Å². The molecule has 1 saturated carbocycles. The molecule has 172 valence electrons. The van der Waals surface area contributed by atoms with Crippen LogP contribution < -0.4 is 26.0 Å². The zero-order valence-corrected chi connectivity index (χ0v) is 19.0. The number of carbonyl (C=O) groups is 1. The fraction of sp³-hybridized carbons (Fsp3) is 0.304. The topological polar surface area (TPSA) is 104 Å². The molecule has 9 nitrogen and oxygen atoms in total. The van der Waals surface area contributed by atoms with Gasteiger partial charge < -0.3 is 14.8 Å². The van der Waals surface area contributed by atoms with Gasteiger partial charge in [0.2, 0.25) is 5.69 Å². The Morgan fingerprint density at radius 2 is 1.88 bits per heavy atom. The van der Waals surface area contributed by atoms with Crippen LogP contribution in [0.2, 0.25) is 5.02 Å². The van der Waals surface area contributed by atoms with Crippen molar-refractivity contribution in [2.45, 2.75) is 19.4 Å². The Bertz CT molecular complexity index is 1310. The Morgan fingerprint density at radius 1 is 1.12 bits per heavy atom. The van der Waals surface area contributed by atoms with Crippen LogP contribution in [0.15, 0.2) is 52.1 Å². The number of hydrogen-bond donors (Lipinski definition) is 1. The van der Waals surface area contributed by atoms with Crippen molar-refractivity contribution in [2.24, 2.45) is 5.92 Å². The summed E-state index contributed by atoms with van der Waals surface area (Å²) in [5, 5.41) is 7.34. The molecule has 0 unspecified atom stereocenters. The van der Waals surface area contributed by atoms with E-state index >= 15 is 0 Å². The Labute approximate surface area is 194 Å². The molecule has 3 aromatic rings. The fourth-order valence-corrected chi connectivity index (χ4v) is 3.59. The lowest BCUT2D eigenvalue weighted by molar-refractivity contribution is 0.0942. The van der Waals surface area contributed by atoms with Crippen LogP contribution in [0.25, 0.3) is 5.69 Å². The predicted molar refractivity (Wildman–Crippen MR) is 123 cm³/mol. The van der Waals surface area contributed by atoms with Crippen LogP contribution in [0, 0.1) is 5.92 Å². The summed E-state index contributed by atoms with van der Waals surface area (Å²) in [7, 11) is 2.96. The molecule has 10 heteroatoms. The highest BCUT2D eigenvalue weighted by Gasteiger charge is 2.25. The molecule has 1 aliphatic rings. The van der Waals surface area contributed by atoms with E-state index in [1.165, 1.54) is 14.2 Å². The van der Waals surface area contributed by atoms with Crippen molar-refractivity contribution in [1.29, 1.82) is 0 Å². The maximum Gasteiger partial charge on any atom is 0.352 e. The molecule has 33 heavy (non-hydrogen) atoms. The Morgan fingerprint density at radius 3 is 2.55 bits per heavy atom. The van der Waals surface area contributed by atoms with Crippen LogP contribution in [0.5, 0.6) is 11.5 Å². The third-order valence-electron chi connectivity index (χ3n) is 5.36. The number of methoxy groups -OCH3 is 2. The minimum absolute atomic E-state index is 0.0725. The molecule has 4 rings (SSSR count). The molecule has 1 fully saturated rings. The molecule has 1 aromatic heterocycles. The van der Waals surface area contributed by atoms with Gasteiger partial charge in [0.1, 0.15) is 0 Å². The number of hydrogen-bond acceptors (Lipinski definition) is 6. The first kappa shape index (κ1) is 22.6. The van der Waals surface area contributed by atoms with Crippen molar-refractivity contribution in [1.82, 2.24) is 19.7 Å². The molecule has 1 N–H and O–H groups in total. The molecule has 1 amide bonds. The average molecular weight is 471 g/mol. The lowest BCUT2D eigenvalue weighted by atomic mass is 10.2. The third kappa shape index (κ3) is 4.93. The summed E-state index contributed by atoms with van der Waals surface area (Å²) in [5.41, 5.74) is -0.896. The number of benzene rings is 2. The summed E-state index contributed by atoms with van der Waals surface area (Å²) in [5.74, 6) is 0.625. The van der Waals surface area contributed by atoms with Gasteiger partial charge in [-0.3, -0.25) is 14.2 Å². The minimum atomic E-state index is -0.773. The summed E-state index contributed by atoms with van der Waals surface area (Å²) >= 11 is 6.07. The van der Waals surface area contributed by atoms with Gasteiger partial charge in [-0.2, -0.15) is 9.78 Å². The smallest absolute Gasteiger partial charge is 0.352 e. The predicted octanol–water partition coefficient (Wildman–Crippen LogP) is 2.25. The minimum Gasteiger partial charge on any atom is -0.493 e. The van der Waals surface area contributed by atoms with E-state index in [9.17, 15) is 14.4 Å². The van der Waals surface area contributed by atoms with E-state index < -0.39 is 17.2 Å². The Balaban J connectivity index is 1.84. The second-order valence-corrected chi connectivity index (χ2v) is 8.19. The zero-order chi connectivity index (χ0) is 23.5. The number of ether oxygens (including phenoxy) is 2. The van der Waals surface area contributed by atoms with Gasteiger partial charge in [-0.15, -0.1) is 0 Å². The van der Waals surface area contributed by atoms with E-state index in [1.54, 1.807) is 42.5 Å². The summed E-state index contributed by atoms with van der Waals surface area (Å²) in [6, 6.07) is 11.6. The normalized spacial score (nSPS) is 12.9.